The number of carbonyl (C=O) groups is 2. The molecule has 5 nitrogen and oxygen atoms in total. The van der Waals surface area contributed by atoms with Crippen LogP contribution in [0.1, 0.15) is 23.9 Å². The fraction of sp³-hybridized carbons (Fsp3) is 0.545. The van der Waals surface area contributed by atoms with Crippen LogP contribution >= 0.6 is 11.3 Å². The van der Waals surface area contributed by atoms with Crippen molar-refractivity contribution in [2.45, 2.75) is 26.3 Å². The van der Waals surface area contributed by atoms with E-state index in [9.17, 15) is 9.59 Å². The first kappa shape index (κ1) is 12.2. The van der Waals surface area contributed by atoms with E-state index in [1.54, 1.807) is 0 Å². The number of aromatic nitrogens is 1. The molecular formula is C11H15N3O2S. The van der Waals surface area contributed by atoms with E-state index in [1.807, 2.05) is 0 Å². The smallest absolute Gasteiger partial charge is 0.233 e. The molecule has 0 bridgehead atoms. The van der Waals surface area contributed by atoms with E-state index in [4.69, 9.17) is 0 Å². The van der Waals surface area contributed by atoms with Crippen LogP contribution in [-0.2, 0) is 22.6 Å². The summed E-state index contributed by atoms with van der Waals surface area (Å²) in [6.07, 6.45) is 0.842. The summed E-state index contributed by atoms with van der Waals surface area (Å²) in [7, 11) is 2.07. The predicted octanol–water partition coefficient (Wildman–Crippen LogP) is 1.05. The SMILES string of the molecule is CC(=O)CC(=O)Nc1nc2c(s1)CN(C)CC2. The third kappa shape index (κ3) is 3.10. The lowest BCUT2D eigenvalue weighted by atomic mass is 10.2. The number of amides is 1. The first-order chi connectivity index (χ1) is 8.04. The zero-order valence-electron chi connectivity index (χ0n) is 9.95. The molecule has 0 unspecified atom stereocenters. The van der Waals surface area contributed by atoms with E-state index in [-0.39, 0.29) is 18.1 Å². The summed E-state index contributed by atoms with van der Waals surface area (Å²) in [5.74, 6) is -0.416. The molecule has 1 aliphatic heterocycles. The maximum Gasteiger partial charge on any atom is 0.233 e. The molecular weight excluding hydrogens is 238 g/mol. The minimum atomic E-state index is -0.281. The van der Waals surface area contributed by atoms with Gasteiger partial charge in [0.2, 0.25) is 5.91 Å². The van der Waals surface area contributed by atoms with Gasteiger partial charge in [-0.1, -0.05) is 0 Å². The number of rotatable bonds is 3. The maximum atomic E-state index is 11.4. The van der Waals surface area contributed by atoms with Gasteiger partial charge < -0.3 is 10.2 Å². The third-order valence-corrected chi connectivity index (χ3v) is 3.58. The van der Waals surface area contributed by atoms with Gasteiger partial charge in [0, 0.05) is 24.4 Å². The molecule has 0 aliphatic carbocycles. The molecule has 1 aliphatic rings. The Hall–Kier alpha value is -1.27. The van der Waals surface area contributed by atoms with E-state index < -0.39 is 0 Å². The quantitative estimate of drug-likeness (QED) is 0.818. The third-order valence-electron chi connectivity index (χ3n) is 2.58. The van der Waals surface area contributed by atoms with Gasteiger partial charge in [-0.15, -0.1) is 11.3 Å². The number of hydrogen-bond donors (Lipinski definition) is 1. The molecule has 2 rings (SSSR count). The van der Waals surface area contributed by atoms with Gasteiger partial charge in [-0.2, -0.15) is 0 Å². The average molecular weight is 253 g/mol. The van der Waals surface area contributed by atoms with Gasteiger partial charge in [0.15, 0.2) is 5.13 Å². The summed E-state index contributed by atoms with van der Waals surface area (Å²) >= 11 is 1.50. The Morgan fingerprint density at radius 2 is 2.29 bits per heavy atom. The van der Waals surface area contributed by atoms with E-state index in [0.717, 1.165) is 25.2 Å². The lowest BCUT2D eigenvalue weighted by Crippen LogP contribution is -2.25. The second-order valence-corrected chi connectivity index (χ2v) is 5.39. The Bertz CT molecular complexity index is 456. The zero-order chi connectivity index (χ0) is 12.4. The minimum Gasteiger partial charge on any atom is -0.302 e. The number of thiazole rings is 1. The van der Waals surface area contributed by atoms with Crippen LogP contribution in [0.2, 0.25) is 0 Å². The van der Waals surface area contributed by atoms with Gasteiger partial charge in [0.25, 0.3) is 0 Å². The molecule has 1 N–H and O–H groups in total. The van der Waals surface area contributed by atoms with Crippen molar-refractivity contribution >= 4 is 28.2 Å². The normalized spacial score (nSPS) is 15.4. The molecule has 17 heavy (non-hydrogen) atoms. The minimum absolute atomic E-state index is 0.0792. The number of ketones is 1. The number of Topliss-reactive ketones (excluding diaryl/α,β-unsaturated/α-hetero) is 1. The molecule has 0 atom stereocenters. The van der Waals surface area contributed by atoms with Crippen molar-refractivity contribution in [1.82, 2.24) is 9.88 Å². The number of fused-ring (bicyclic) bond motifs is 1. The highest BCUT2D eigenvalue weighted by Gasteiger charge is 2.19. The summed E-state index contributed by atoms with van der Waals surface area (Å²) in [6.45, 7) is 3.29. The number of hydrogen-bond acceptors (Lipinski definition) is 5. The fourth-order valence-electron chi connectivity index (χ4n) is 1.77. The second kappa shape index (κ2) is 4.93. The molecule has 1 amide bonds. The van der Waals surface area contributed by atoms with Crippen molar-refractivity contribution in [1.29, 1.82) is 0 Å². The first-order valence-corrected chi connectivity index (χ1v) is 6.32. The zero-order valence-corrected chi connectivity index (χ0v) is 10.8. The van der Waals surface area contributed by atoms with E-state index in [1.165, 1.54) is 23.1 Å². The molecule has 0 saturated heterocycles. The van der Waals surface area contributed by atoms with Gasteiger partial charge in [-0.25, -0.2) is 4.98 Å². The van der Waals surface area contributed by atoms with Crippen LogP contribution in [0, 0.1) is 0 Å². The number of likely N-dealkylation sites (N-methyl/N-ethyl adjacent to an activating group) is 1. The van der Waals surface area contributed by atoms with Crippen LogP contribution in [0.25, 0.3) is 0 Å². The molecule has 0 fully saturated rings. The standard InChI is InChI=1S/C11H15N3O2S/c1-7(15)5-10(16)13-11-12-8-3-4-14(2)6-9(8)17-11/h3-6H2,1-2H3,(H,12,13,16). The van der Waals surface area contributed by atoms with Crippen LogP contribution in [-0.4, -0.2) is 35.2 Å². The van der Waals surface area contributed by atoms with Crippen LogP contribution in [0.15, 0.2) is 0 Å². The molecule has 0 saturated carbocycles. The molecule has 0 radical (unpaired) electrons. The Kier molecular flexibility index (Phi) is 3.54. The van der Waals surface area contributed by atoms with Gasteiger partial charge in [0.05, 0.1) is 12.1 Å². The number of nitrogens with one attached hydrogen (secondary N) is 1. The van der Waals surface area contributed by atoms with Gasteiger partial charge in [-0.05, 0) is 14.0 Å². The highest BCUT2D eigenvalue weighted by molar-refractivity contribution is 7.15. The highest BCUT2D eigenvalue weighted by atomic mass is 32.1. The molecule has 0 spiro atoms. The van der Waals surface area contributed by atoms with Crippen molar-refractivity contribution < 1.29 is 9.59 Å². The summed E-state index contributed by atoms with van der Waals surface area (Å²) < 4.78 is 0. The summed E-state index contributed by atoms with van der Waals surface area (Å²) in [4.78, 5) is 30.0. The molecule has 2 heterocycles. The average Bonchev–Trinajstić information content (AvgIpc) is 2.57. The van der Waals surface area contributed by atoms with E-state index in [2.05, 4.69) is 22.2 Å². The summed E-state index contributed by atoms with van der Waals surface area (Å²) in [5.41, 5.74) is 1.08. The fourth-order valence-corrected chi connectivity index (χ4v) is 2.87. The lowest BCUT2D eigenvalue weighted by molar-refractivity contribution is -0.124. The topological polar surface area (TPSA) is 62.3 Å². The maximum absolute atomic E-state index is 11.4. The van der Waals surface area contributed by atoms with Gasteiger partial charge in [-0.3, -0.25) is 9.59 Å². The lowest BCUT2D eigenvalue weighted by Gasteiger charge is -2.20. The Morgan fingerprint density at radius 1 is 1.53 bits per heavy atom. The van der Waals surface area contributed by atoms with E-state index >= 15 is 0 Å². The highest BCUT2D eigenvalue weighted by Crippen LogP contribution is 2.27. The molecule has 0 aromatic carbocycles. The number of nitrogens with zero attached hydrogens (tertiary/aromatic N) is 2. The van der Waals surface area contributed by atoms with Crippen molar-refractivity contribution in [3.8, 4) is 0 Å². The summed E-state index contributed by atoms with van der Waals surface area (Å²) in [6, 6.07) is 0. The Morgan fingerprint density at radius 3 is 3.00 bits per heavy atom. The van der Waals surface area contributed by atoms with E-state index in [0.29, 0.717) is 5.13 Å². The van der Waals surface area contributed by atoms with Gasteiger partial charge in [0.1, 0.15) is 5.78 Å². The molecule has 1 aromatic rings. The van der Waals surface area contributed by atoms with Crippen LogP contribution in [0.5, 0.6) is 0 Å². The first-order valence-electron chi connectivity index (χ1n) is 5.51. The van der Waals surface area contributed by atoms with Crippen molar-refractivity contribution in [3.05, 3.63) is 10.6 Å². The number of carbonyl (C=O) groups excluding carboxylic acids is 2. The molecule has 6 heteroatoms. The van der Waals surface area contributed by atoms with Crippen molar-refractivity contribution in [2.75, 3.05) is 18.9 Å². The Balaban J connectivity index is 2.03. The second-order valence-electron chi connectivity index (χ2n) is 4.30. The molecule has 1 aromatic heterocycles. The largest absolute Gasteiger partial charge is 0.302 e. The van der Waals surface area contributed by atoms with Crippen molar-refractivity contribution in [3.63, 3.8) is 0 Å². The molecule has 92 valence electrons. The Labute approximate surface area is 104 Å². The predicted molar refractivity (Wildman–Crippen MR) is 66.1 cm³/mol. The van der Waals surface area contributed by atoms with Crippen LogP contribution in [0.4, 0.5) is 5.13 Å². The number of anilines is 1. The van der Waals surface area contributed by atoms with Crippen LogP contribution in [0.3, 0.4) is 0 Å². The van der Waals surface area contributed by atoms with Crippen molar-refractivity contribution in [2.24, 2.45) is 0 Å². The summed E-state index contributed by atoms with van der Waals surface area (Å²) in [5, 5.41) is 3.28. The van der Waals surface area contributed by atoms with Gasteiger partial charge >= 0.3 is 0 Å². The van der Waals surface area contributed by atoms with Crippen LogP contribution < -0.4 is 5.32 Å². The monoisotopic (exact) mass is 253 g/mol.